The van der Waals surface area contributed by atoms with Crippen molar-refractivity contribution in [3.8, 4) is 0 Å². The van der Waals surface area contributed by atoms with Crippen molar-refractivity contribution < 1.29 is 14.1 Å². The molecule has 1 aliphatic heterocycles. The Kier molecular flexibility index (Phi) is 4.97. The molecule has 0 atom stereocenters. The van der Waals surface area contributed by atoms with Crippen LogP contribution in [0.1, 0.15) is 17.0 Å². The Morgan fingerprint density at radius 2 is 2.15 bits per heavy atom. The van der Waals surface area contributed by atoms with Gasteiger partial charge < -0.3 is 14.2 Å². The normalized spacial score (nSPS) is 16.9. The predicted molar refractivity (Wildman–Crippen MR) is 73.0 cm³/mol. The van der Waals surface area contributed by atoms with Gasteiger partial charge >= 0.3 is 5.88 Å². The van der Waals surface area contributed by atoms with Gasteiger partial charge in [0.25, 0.3) is 5.91 Å². The van der Waals surface area contributed by atoms with Crippen LogP contribution in [0.4, 0.5) is 5.88 Å². The molecular formula is C12H16ClN3O4. The lowest BCUT2D eigenvalue weighted by Crippen LogP contribution is -2.35. The number of halogens is 1. The van der Waals surface area contributed by atoms with E-state index in [0.717, 1.165) is 26.1 Å². The summed E-state index contributed by atoms with van der Waals surface area (Å²) in [6.45, 7) is 3.64. The molecule has 0 unspecified atom stereocenters. The van der Waals surface area contributed by atoms with Gasteiger partial charge in [-0.1, -0.05) is 0 Å². The Bertz CT molecular complexity index is 491. The molecule has 0 aromatic carbocycles. The molecule has 1 fully saturated rings. The first kappa shape index (κ1) is 14.8. The highest BCUT2D eigenvalue weighted by Crippen LogP contribution is 2.18. The molecule has 1 aliphatic rings. The molecule has 0 saturated carbocycles. The molecule has 1 saturated heterocycles. The number of carbonyl (C=O) groups is 1. The average molecular weight is 302 g/mol. The summed E-state index contributed by atoms with van der Waals surface area (Å²) in [4.78, 5) is 26.0. The Morgan fingerprint density at radius 3 is 2.80 bits per heavy atom. The van der Waals surface area contributed by atoms with Gasteiger partial charge in [-0.05, 0) is 19.0 Å². The predicted octanol–water partition coefficient (Wildman–Crippen LogP) is 1.57. The van der Waals surface area contributed by atoms with Gasteiger partial charge in [0.15, 0.2) is 5.76 Å². The van der Waals surface area contributed by atoms with Crippen molar-refractivity contribution in [3.05, 3.63) is 28.0 Å². The maximum absolute atomic E-state index is 12.2. The van der Waals surface area contributed by atoms with Gasteiger partial charge in [-0.3, -0.25) is 14.9 Å². The topological polar surface area (TPSA) is 79.8 Å². The molecule has 7 nitrogen and oxygen atoms in total. The SMILES string of the molecule is O=C(c1ccc([N+](=O)[O-])o1)N1CCCN(CCCl)CC1. The van der Waals surface area contributed by atoms with E-state index in [9.17, 15) is 14.9 Å². The molecule has 1 amide bonds. The zero-order valence-electron chi connectivity index (χ0n) is 11.0. The fourth-order valence-electron chi connectivity index (χ4n) is 2.21. The van der Waals surface area contributed by atoms with Crippen molar-refractivity contribution in [2.24, 2.45) is 0 Å². The van der Waals surface area contributed by atoms with Crippen molar-refractivity contribution in [1.29, 1.82) is 0 Å². The van der Waals surface area contributed by atoms with E-state index in [1.165, 1.54) is 12.1 Å². The molecule has 2 rings (SSSR count). The van der Waals surface area contributed by atoms with E-state index in [2.05, 4.69) is 4.90 Å². The number of nitro groups is 1. The molecule has 1 aromatic rings. The first-order valence-corrected chi connectivity index (χ1v) is 6.97. The second-order valence-corrected chi connectivity index (χ2v) is 4.95. The molecule has 0 N–H and O–H groups in total. The maximum Gasteiger partial charge on any atom is 0.433 e. The van der Waals surface area contributed by atoms with Gasteiger partial charge in [-0.25, -0.2) is 0 Å². The minimum absolute atomic E-state index is 0.0162. The third kappa shape index (κ3) is 3.49. The third-order valence-corrected chi connectivity index (χ3v) is 3.43. The summed E-state index contributed by atoms with van der Waals surface area (Å²) < 4.78 is 4.95. The summed E-state index contributed by atoms with van der Waals surface area (Å²) in [5, 5.41) is 10.6. The summed E-state index contributed by atoms with van der Waals surface area (Å²) in [5.41, 5.74) is 0. The fraction of sp³-hybridized carbons (Fsp3) is 0.583. The summed E-state index contributed by atoms with van der Waals surface area (Å²) in [6.07, 6.45) is 0.853. The van der Waals surface area contributed by atoms with Crippen LogP contribution in [-0.4, -0.2) is 59.2 Å². The number of hydrogen-bond donors (Lipinski definition) is 0. The smallest absolute Gasteiger partial charge is 0.395 e. The standard InChI is InChI=1S/C12H16ClN3O4/c13-4-7-14-5-1-6-15(9-8-14)12(17)10-2-3-11(20-10)16(18)19/h2-3H,1,4-9H2. The second-order valence-electron chi connectivity index (χ2n) is 4.57. The van der Waals surface area contributed by atoms with Gasteiger partial charge in [0.05, 0.1) is 6.07 Å². The van der Waals surface area contributed by atoms with E-state index < -0.39 is 10.8 Å². The van der Waals surface area contributed by atoms with Crippen molar-refractivity contribution in [3.63, 3.8) is 0 Å². The zero-order valence-corrected chi connectivity index (χ0v) is 11.7. The third-order valence-electron chi connectivity index (χ3n) is 3.26. The lowest BCUT2D eigenvalue weighted by atomic mass is 10.3. The number of rotatable bonds is 4. The average Bonchev–Trinajstić information content (AvgIpc) is 2.80. The molecule has 20 heavy (non-hydrogen) atoms. The van der Waals surface area contributed by atoms with E-state index in [1.807, 2.05) is 0 Å². The van der Waals surface area contributed by atoms with Crippen LogP contribution in [0, 0.1) is 10.1 Å². The van der Waals surface area contributed by atoms with Crippen LogP contribution in [0.15, 0.2) is 16.5 Å². The highest BCUT2D eigenvalue weighted by atomic mass is 35.5. The highest BCUT2D eigenvalue weighted by Gasteiger charge is 2.24. The van der Waals surface area contributed by atoms with Crippen LogP contribution in [0.25, 0.3) is 0 Å². The Hall–Kier alpha value is -1.60. The maximum atomic E-state index is 12.2. The molecule has 8 heteroatoms. The minimum Gasteiger partial charge on any atom is -0.395 e. The molecular weight excluding hydrogens is 286 g/mol. The van der Waals surface area contributed by atoms with Crippen LogP contribution < -0.4 is 0 Å². The first-order chi connectivity index (χ1) is 9.61. The molecule has 2 heterocycles. The summed E-state index contributed by atoms with van der Waals surface area (Å²) in [7, 11) is 0. The number of hydrogen-bond acceptors (Lipinski definition) is 5. The fourth-order valence-corrected chi connectivity index (χ4v) is 2.45. The Labute approximate surface area is 121 Å². The summed E-state index contributed by atoms with van der Waals surface area (Å²) in [5.74, 6) is -0.126. The monoisotopic (exact) mass is 301 g/mol. The van der Waals surface area contributed by atoms with E-state index in [-0.39, 0.29) is 11.7 Å². The molecule has 110 valence electrons. The quantitative estimate of drug-likeness (QED) is 0.479. The summed E-state index contributed by atoms with van der Waals surface area (Å²) >= 11 is 5.71. The minimum atomic E-state index is -0.651. The molecule has 1 aromatic heterocycles. The number of furan rings is 1. The van der Waals surface area contributed by atoms with E-state index >= 15 is 0 Å². The molecule has 0 radical (unpaired) electrons. The highest BCUT2D eigenvalue weighted by molar-refractivity contribution is 6.18. The van der Waals surface area contributed by atoms with Crippen LogP contribution in [0.2, 0.25) is 0 Å². The molecule has 0 aliphatic carbocycles. The van der Waals surface area contributed by atoms with E-state index in [1.54, 1.807) is 4.90 Å². The van der Waals surface area contributed by atoms with Crippen LogP contribution in [0.3, 0.4) is 0 Å². The summed E-state index contributed by atoms with van der Waals surface area (Å²) in [6, 6.07) is 2.55. The van der Waals surface area contributed by atoms with Crippen molar-refractivity contribution in [2.45, 2.75) is 6.42 Å². The van der Waals surface area contributed by atoms with Crippen molar-refractivity contribution >= 4 is 23.4 Å². The van der Waals surface area contributed by atoms with Gasteiger partial charge in [0.2, 0.25) is 0 Å². The number of nitrogens with zero attached hydrogens (tertiary/aromatic N) is 3. The van der Waals surface area contributed by atoms with Gasteiger partial charge in [-0.15, -0.1) is 11.6 Å². The van der Waals surface area contributed by atoms with Crippen molar-refractivity contribution in [2.75, 3.05) is 38.6 Å². The first-order valence-electron chi connectivity index (χ1n) is 6.43. The van der Waals surface area contributed by atoms with Gasteiger partial charge in [0, 0.05) is 32.1 Å². The van der Waals surface area contributed by atoms with Crippen LogP contribution >= 0.6 is 11.6 Å². The second kappa shape index (κ2) is 6.71. The van der Waals surface area contributed by atoms with E-state index in [0.29, 0.717) is 19.0 Å². The largest absolute Gasteiger partial charge is 0.433 e. The number of alkyl halides is 1. The van der Waals surface area contributed by atoms with Gasteiger partial charge in [-0.2, -0.15) is 0 Å². The number of amides is 1. The van der Waals surface area contributed by atoms with Crippen molar-refractivity contribution in [1.82, 2.24) is 9.80 Å². The van der Waals surface area contributed by atoms with Crippen LogP contribution in [0.5, 0.6) is 0 Å². The van der Waals surface area contributed by atoms with Crippen LogP contribution in [-0.2, 0) is 0 Å². The Morgan fingerprint density at radius 1 is 1.35 bits per heavy atom. The molecule has 0 bridgehead atoms. The number of carbonyl (C=O) groups excluding carboxylic acids is 1. The zero-order chi connectivity index (χ0) is 14.5. The van der Waals surface area contributed by atoms with E-state index in [4.69, 9.17) is 16.0 Å². The lowest BCUT2D eigenvalue weighted by molar-refractivity contribution is -0.402. The molecule has 0 spiro atoms. The van der Waals surface area contributed by atoms with Gasteiger partial charge in [0.1, 0.15) is 4.92 Å². The Balaban J connectivity index is 1.99. The lowest BCUT2D eigenvalue weighted by Gasteiger charge is -2.20.